The van der Waals surface area contributed by atoms with Gasteiger partial charge in [0.1, 0.15) is 5.78 Å². The Morgan fingerprint density at radius 2 is 1.91 bits per heavy atom. The van der Waals surface area contributed by atoms with Crippen molar-refractivity contribution >= 4 is 17.4 Å². The highest BCUT2D eigenvalue weighted by atomic mass is 16.2. The van der Waals surface area contributed by atoms with Crippen LogP contribution in [0.4, 0.5) is 5.69 Å². The number of benzene rings is 1. The van der Waals surface area contributed by atoms with Crippen LogP contribution >= 0.6 is 0 Å². The lowest BCUT2D eigenvalue weighted by Crippen LogP contribution is -2.36. The van der Waals surface area contributed by atoms with Crippen LogP contribution in [0.1, 0.15) is 63.9 Å². The van der Waals surface area contributed by atoms with E-state index in [1.54, 1.807) is 4.90 Å². The molecule has 3 nitrogen and oxygen atoms in total. The molecule has 0 saturated heterocycles. The number of rotatable bonds is 5. The summed E-state index contributed by atoms with van der Waals surface area (Å²) in [4.78, 5) is 26.8. The van der Waals surface area contributed by atoms with Crippen LogP contribution in [0.25, 0.3) is 0 Å². The number of likely N-dealkylation sites (N-methyl/N-ethyl adjacent to an activating group) is 1. The molecular formula is C20H27NO2. The average molecular weight is 313 g/mol. The summed E-state index contributed by atoms with van der Waals surface area (Å²) in [5.41, 5.74) is 1.65. The minimum atomic E-state index is -0.474. The molecule has 1 aromatic rings. The standard InChI is InChI=1S/C20H27NO2/c1-20(14-8-13-18(22)15-9-4-3-5-10-15)16-11-6-7-12-17(16)21(2)19(20)23/h6-7,11-12,15H,3-5,8-10,13-14H2,1-2H3/t20-/m1/s1. The van der Waals surface area contributed by atoms with Gasteiger partial charge in [0, 0.05) is 25.1 Å². The van der Waals surface area contributed by atoms with E-state index in [1.807, 2.05) is 32.2 Å². The summed E-state index contributed by atoms with van der Waals surface area (Å²) in [5.74, 6) is 0.856. The molecule has 1 heterocycles. The van der Waals surface area contributed by atoms with Crippen LogP contribution in [0.2, 0.25) is 0 Å². The molecule has 0 N–H and O–H groups in total. The molecule has 1 fully saturated rings. The molecule has 3 rings (SSSR count). The molecule has 1 saturated carbocycles. The van der Waals surface area contributed by atoms with E-state index in [0.717, 1.165) is 36.9 Å². The zero-order chi connectivity index (χ0) is 16.4. The number of amides is 1. The van der Waals surface area contributed by atoms with Gasteiger partial charge in [0.05, 0.1) is 5.41 Å². The summed E-state index contributed by atoms with van der Waals surface area (Å²) in [6.07, 6.45) is 8.00. The van der Waals surface area contributed by atoms with E-state index in [4.69, 9.17) is 0 Å². The van der Waals surface area contributed by atoms with E-state index in [-0.39, 0.29) is 11.8 Å². The van der Waals surface area contributed by atoms with Crippen molar-refractivity contribution in [3.8, 4) is 0 Å². The summed E-state index contributed by atoms with van der Waals surface area (Å²) in [7, 11) is 1.85. The second-order valence-corrected chi connectivity index (χ2v) is 7.37. The number of carbonyl (C=O) groups is 2. The van der Waals surface area contributed by atoms with E-state index in [0.29, 0.717) is 12.2 Å². The molecule has 1 aromatic carbocycles. The fourth-order valence-corrected chi connectivity index (χ4v) is 4.31. The molecular weight excluding hydrogens is 286 g/mol. The van der Waals surface area contributed by atoms with Crippen LogP contribution in [-0.4, -0.2) is 18.7 Å². The number of Topliss-reactive ketones (excluding diaryl/α,β-unsaturated/α-hetero) is 1. The fourth-order valence-electron chi connectivity index (χ4n) is 4.31. The van der Waals surface area contributed by atoms with Crippen molar-refractivity contribution in [1.29, 1.82) is 0 Å². The van der Waals surface area contributed by atoms with Gasteiger partial charge in [-0.1, -0.05) is 37.5 Å². The summed E-state index contributed by atoms with van der Waals surface area (Å²) in [6, 6.07) is 8.03. The van der Waals surface area contributed by atoms with E-state index in [2.05, 4.69) is 6.07 Å². The first-order chi connectivity index (χ1) is 11.0. The van der Waals surface area contributed by atoms with Crippen LogP contribution in [0, 0.1) is 5.92 Å². The maximum absolute atomic E-state index is 12.7. The lowest BCUT2D eigenvalue weighted by molar-refractivity contribution is -0.125. The van der Waals surface area contributed by atoms with Gasteiger partial charge in [-0.05, 0) is 44.2 Å². The number of hydrogen-bond acceptors (Lipinski definition) is 2. The van der Waals surface area contributed by atoms with Gasteiger partial charge in [-0.2, -0.15) is 0 Å². The number of anilines is 1. The van der Waals surface area contributed by atoms with E-state index in [9.17, 15) is 9.59 Å². The topological polar surface area (TPSA) is 37.4 Å². The van der Waals surface area contributed by atoms with E-state index < -0.39 is 5.41 Å². The van der Waals surface area contributed by atoms with Crippen molar-refractivity contribution in [2.45, 2.75) is 63.7 Å². The molecule has 1 atom stereocenters. The third-order valence-corrected chi connectivity index (χ3v) is 5.80. The summed E-state index contributed by atoms with van der Waals surface area (Å²) in [6.45, 7) is 2.03. The summed E-state index contributed by atoms with van der Waals surface area (Å²) in [5, 5.41) is 0. The average Bonchev–Trinajstić information content (AvgIpc) is 2.78. The van der Waals surface area contributed by atoms with Crippen LogP contribution < -0.4 is 4.90 Å². The number of fused-ring (bicyclic) bond motifs is 1. The Labute approximate surface area is 139 Å². The van der Waals surface area contributed by atoms with Crippen molar-refractivity contribution in [3.05, 3.63) is 29.8 Å². The van der Waals surface area contributed by atoms with Gasteiger partial charge >= 0.3 is 0 Å². The quantitative estimate of drug-likeness (QED) is 0.815. The summed E-state index contributed by atoms with van der Waals surface area (Å²) >= 11 is 0. The van der Waals surface area contributed by atoms with Gasteiger partial charge in [0.2, 0.25) is 5.91 Å². The molecule has 0 spiro atoms. The highest BCUT2D eigenvalue weighted by molar-refractivity contribution is 6.07. The van der Waals surface area contributed by atoms with Crippen LogP contribution in [-0.2, 0) is 15.0 Å². The summed E-state index contributed by atoms with van der Waals surface area (Å²) < 4.78 is 0. The molecule has 0 aromatic heterocycles. The van der Waals surface area contributed by atoms with Gasteiger partial charge in [0.25, 0.3) is 0 Å². The van der Waals surface area contributed by atoms with Gasteiger partial charge in [-0.3, -0.25) is 9.59 Å². The van der Waals surface area contributed by atoms with Gasteiger partial charge in [-0.15, -0.1) is 0 Å². The molecule has 0 radical (unpaired) electrons. The second kappa shape index (κ2) is 6.46. The van der Waals surface area contributed by atoms with Crippen molar-refractivity contribution in [3.63, 3.8) is 0 Å². The second-order valence-electron chi connectivity index (χ2n) is 7.37. The third kappa shape index (κ3) is 2.93. The lowest BCUT2D eigenvalue weighted by Gasteiger charge is -2.24. The molecule has 1 aliphatic carbocycles. The van der Waals surface area contributed by atoms with Crippen LogP contribution in [0.15, 0.2) is 24.3 Å². The van der Waals surface area contributed by atoms with E-state index >= 15 is 0 Å². The molecule has 1 amide bonds. The predicted octanol–water partition coefficient (Wildman–Crippen LogP) is 4.24. The Hall–Kier alpha value is -1.64. The first-order valence-electron chi connectivity index (χ1n) is 8.94. The molecule has 3 heteroatoms. The maximum Gasteiger partial charge on any atom is 0.237 e. The SMILES string of the molecule is CN1C(=O)[C@](C)(CCCC(=O)C2CCCCC2)c2ccccc21. The van der Waals surface area contributed by atoms with E-state index in [1.165, 1.54) is 19.3 Å². The number of nitrogens with zero attached hydrogens (tertiary/aromatic N) is 1. The monoisotopic (exact) mass is 313 g/mol. The zero-order valence-corrected chi connectivity index (χ0v) is 14.3. The van der Waals surface area contributed by atoms with Crippen molar-refractivity contribution in [2.75, 3.05) is 11.9 Å². The molecule has 1 aliphatic heterocycles. The Kier molecular flexibility index (Phi) is 4.56. The molecule has 0 bridgehead atoms. The molecule has 23 heavy (non-hydrogen) atoms. The number of para-hydroxylation sites is 1. The lowest BCUT2D eigenvalue weighted by atomic mass is 9.78. The first-order valence-corrected chi connectivity index (χ1v) is 8.94. The minimum Gasteiger partial charge on any atom is -0.314 e. The Balaban J connectivity index is 1.63. The zero-order valence-electron chi connectivity index (χ0n) is 14.3. The van der Waals surface area contributed by atoms with Crippen molar-refractivity contribution in [2.24, 2.45) is 5.92 Å². The largest absolute Gasteiger partial charge is 0.314 e. The van der Waals surface area contributed by atoms with Crippen molar-refractivity contribution in [1.82, 2.24) is 0 Å². The van der Waals surface area contributed by atoms with Gasteiger partial charge in [-0.25, -0.2) is 0 Å². The molecule has 124 valence electrons. The van der Waals surface area contributed by atoms with Crippen LogP contribution in [0.3, 0.4) is 0 Å². The number of carbonyl (C=O) groups excluding carboxylic acids is 2. The Morgan fingerprint density at radius 3 is 2.65 bits per heavy atom. The van der Waals surface area contributed by atoms with Gasteiger partial charge < -0.3 is 4.90 Å². The smallest absolute Gasteiger partial charge is 0.237 e. The van der Waals surface area contributed by atoms with Gasteiger partial charge in [0.15, 0.2) is 0 Å². The van der Waals surface area contributed by atoms with Crippen LogP contribution in [0.5, 0.6) is 0 Å². The highest BCUT2D eigenvalue weighted by Gasteiger charge is 2.45. The predicted molar refractivity (Wildman–Crippen MR) is 92.6 cm³/mol. The Bertz CT molecular complexity index is 603. The maximum atomic E-state index is 12.7. The highest BCUT2D eigenvalue weighted by Crippen LogP contribution is 2.43. The Morgan fingerprint density at radius 1 is 1.22 bits per heavy atom. The van der Waals surface area contributed by atoms with Crippen molar-refractivity contribution < 1.29 is 9.59 Å². The minimum absolute atomic E-state index is 0.156. The first kappa shape index (κ1) is 16.2. The third-order valence-electron chi connectivity index (χ3n) is 5.80. The number of hydrogen-bond donors (Lipinski definition) is 0. The normalized spacial score (nSPS) is 24.8. The fraction of sp³-hybridized carbons (Fsp3) is 0.600. The number of ketones is 1. The molecule has 2 aliphatic rings. The molecule has 0 unspecified atom stereocenters.